The average Bonchev–Trinajstić information content (AvgIpc) is 2.44. The minimum Gasteiger partial charge on any atom is -0.388 e. The Morgan fingerprint density at radius 3 is 3.08 bits per heavy atom. The van der Waals surface area contributed by atoms with E-state index in [-0.39, 0.29) is 6.61 Å². The summed E-state index contributed by atoms with van der Waals surface area (Å²) in [6.45, 7) is -0.0449. The molecule has 0 spiro atoms. The van der Waals surface area contributed by atoms with E-state index in [4.69, 9.17) is 5.11 Å². The molecule has 0 radical (unpaired) electrons. The molecule has 0 aromatic carbocycles. The summed E-state index contributed by atoms with van der Waals surface area (Å²) in [5.41, 5.74) is 0.974. The molecule has 1 N–H and O–H groups in total. The molecule has 3 nitrogen and oxygen atoms in total. The van der Waals surface area contributed by atoms with E-state index >= 15 is 0 Å². The molecule has 0 saturated heterocycles. The molecule has 0 unspecified atom stereocenters. The van der Waals surface area contributed by atoms with E-state index in [9.17, 15) is 0 Å². The molecule has 0 fully saturated rings. The van der Waals surface area contributed by atoms with E-state index in [1.165, 1.54) is 0 Å². The van der Waals surface area contributed by atoms with Gasteiger partial charge in [0.2, 0.25) is 0 Å². The lowest BCUT2D eigenvalue weighted by Gasteiger charge is -1.94. The van der Waals surface area contributed by atoms with Gasteiger partial charge in [-0.05, 0) is 28.1 Å². The fraction of sp³-hybridized carbons (Fsp3) is 0.125. The Balaban J connectivity index is 2.82. The number of hydrogen-bond acceptors (Lipinski definition) is 2. The number of imidazole rings is 1. The lowest BCUT2D eigenvalue weighted by molar-refractivity contribution is 0.270. The van der Waals surface area contributed by atoms with Crippen molar-refractivity contribution in [3.8, 4) is 0 Å². The van der Waals surface area contributed by atoms with Crippen LogP contribution in [-0.4, -0.2) is 14.5 Å². The fourth-order valence-corrected chi connectivity index (χ4v) is 1.70. The highest BCUT2D eigenvalue weighted by atomic mass is 79.9. The van der Waals surface area contributed by atoms with Crippen LogP contribution in [0.4, 0.5) is 0 Å². The summed E-state index contributed by atoms with van der Waals surface area (Å²) in [6.07, 6.45) is 1.87. The Hall–Kier alpha value is -0.870. The van der Waals surface area contributed by atoms with E-state index in [1.54, 1.807) is 0 Å². The number of halogens is 1. The molecule has 0 amide bonds. The van der Waals surface area contributed by atoms with Gasteiger partial charge in [-0.2, -0.15) is 0 Å². The summed E-state index contributed by atoms with van der Waals surface area (Å²) in [4.78, 5) is 4.14. The van der Waals surface area contributed by atoms with Crippen molar-refractivity contribution in [3.05, 3.63) is 34.8 Å². The van der Waals surface area contributed by atoms with Gasteiger partial charge >= 0.3 is 0 Å². The van der Waals surface area contributed by atoms with Gasteiger partial charge in [-0.1, -0.05) is 6.07 Å². The van der Waals surface area contributed by atoms with Crippen LogP contribution in [-0.2, 0) is 6.61 Å². The van der Waals surface area contributed by atoms with Gasteiger partial charge < -0.3 is 9.51 Å². The van der Waals surface area contributed by atoms with Crippen molar-refractivity contribution in [2.75, 3.05) is 0 Å². The maximum Gasteiger partial charge on any atom is 0.140 e. The summed E-state index contributed by atoms with van der Waals surface area (Å²) >= 11 is 3.32. The third-order valence-electron chi connectivity index (χ3n) is 1.72. The predicted molar refractivity (Wildman–Crippen MR) is 48.8 cm³/mol. The SMILES string of the molecule is OCc1nc(Br)c2ccccn12. The van der Waals surface area contributed by atoms with Crippen LogP contribution < -0.4 is 0 Å². The maximum absolute atomic E-state index is 8.94. The molecule has 12 heavy (non-hydrogen) atoms. The van der Waals surface area contributed by atoms with Gasteiger partial charge in [0.15, 0.2) is 0 Å². The van der Waals surface area contributed by atoms with Crippen LogP contribution in [0.1, 0.15) is 5.82 Å². The molecule has 0 aliphatic rings. The highest BCUT2D eigenvalue weighted by Crippen LogP contribution is 2.17. The normalized spacial score (nSPS) is 10.8. The van der Waals surface area contributed by atoms with Crippen molar-refractivity contribution in [2.24, 2.45) is 0 Å². The van der Waals surface area contributed by atoms with Gasteiger partial charge in [-0.15, -0.1) is 0 Å². The number of fused-ring (bicyclic) bond motifs is 1. The standard InChI is InChI=1S/C8H7BrN2O/c9-8-6-3-1-2-4-11(6)7(5-12)10-8/h1-4,12H,5H2. The summed E-state index contributed by atoms with van der Waals surface area (Å²) in [7, 11) is 0. The summed E-state index contributed by atoms with van der Waals surface area (Å²) < 4.78 is 2.62. The van der Waals surface area contributed by atoms with Crippen LogP contribution in [0, 0.1) is 0 Å². The van der Waals surface area contributed by atoms with Crippen LogP contribution in [0.3, 0.4) is 0 Å². The van der Waals surface area contributed by atoms with Gasteiger partial charge in [-0.25, -0.2) is 4.98 Å². The molecule has 62 valence electrons. The molecule has 0 atom stereocenters. The summed E-state index contributed by atoms with van der Waals surface area (Å²) in [5.74, 6) is 0.650. The molecular weight excluding hydrogens is 220 g/mol. The number of aliphatic hydroxyl groups is 1. The molecule has 2 heterocycles. The Labute approximate surface area is 77.8 Å². The smallest absolute Gasteiger partial charge is 0.140 e. The molecular formula is C8H7BrN2O. The largest absolute Gasteiger partial charge is 0.388 e. The second kappa shape index (κ2) is 2.88. The molecule has 0 aliphatic heterocycles. The van der Waals surface area contributed by atoms with E-state index < -0.39 is 0 Å². The Bertz CT molecular complexity index is 410. The Morgan fingerprint density at radius 2 is 2.33 bits per heavy atom. The summed E-state index contributed by atoms with van der Waals surface area (Å²) in [6, 6.07) is 5.78. The van der Waals surface area contributed by atoms with Crippen molar-refractivity contribution in [1.29, 1.82) is 0 Å². The van der Waals surface area contributed by atoms with Crippen LogP contribution in [0.25, 0.3) is 5.52 Å². The first-order chi connectivity index (χ1) is 5.83. The number of hydrogen-bond donors (Lipinski definition) is 1. The number of rotatable bonds is 1. The first kappa shape index (κ1) is 7.76. The molecule has 0 saturated carbocycles. The summed E-state index contributed by atoms with van der Waals surface area (Å²) in [5, 5.41) is 8.94. The fourth-order valence-electron chi connectivity index (χ4n) is 1.17. The monoisotopic (exact) mass is 226 g/mol. The van der Waals surface area contributed by atoms with Crippen molar-refractivity contribution < 1.29 is 5.11 Å². The van der Waals surface area contributed by atoms with E-state index in [1.807, 2.05) is 28.8 Å². The lowest BCUT2D eigenvalue weighted by Crippen LogP contribution is -1.92. The van der Waals surface area contributed by atoms with Gasteiger partial charge in [-0.3, -0.25) is 0 Å². The third kappa shape index (κ3) is 1.04. The van der Waals surface area contributed by atoms with Crippen molar-refractivity contribution in [3.63, 3.8) is 0 Å². The van der Waals surface area contributed by atoms with Crippen LogP contribution in [0.15, 0.2) is 29.0 Å². The number of nitrogens with zero attached hydrogens (tertiary/aromatic N) is 2. The zero-order chi connectivity index (χ0) is 8.55. The molecule has 2 aromatic heterocycles. The number of aliphatic hydroxyl groups excluding tert-OH is 1. The Kier molecular flexibility index (Phi) is 1.86. The minimum atomic E-state index is -0.0449. The van der Waals surface area contributed by atoms with E-state index in [2.05, 4.69) is 20.9 Å². The highest BCUT2D eigenvalue weighted by Gasteiger charge is 2.05. The zero-order valence-corrected chi connectivity index (χ0v) is 7.82. The molecule has 2 rings (SSSR count). The van der Waals surface area contributed by atoms with Crippen molar-refractivity contribution >= 4 is 21.4 Å². The Morgan fingerprint density at radius 1 is 1.50 bits per heavy atom. The van der Waals surface area contributed by atoms with Gasteiger partial charge in [0.05, 0.1) is 5.52 Å². The third-order valence-corrected chi connectivity index (χ3v) is 2.30. The van der Waals surface area contributed by atoms with Crippen molar-refractivity contribution in [1.82, 2.24) is 9.38 Å². The number of pyridine rings is 1. The predicted octanol–water partition coefficient (Wildman–Crippen LogP) is 1.59. The van der Waals surface area contributed by atoms with Gasteiger partial charge in [0.1, 0.15) is 17.0 Å². The zero-order valence-electron chi connectivity index (χ0n) is 6.24. The molecule has 0 aliphatic carbocycles. The van der Waals surface area contributed by atoms with E-state index in [0.717, 1.165) is 10.1 Å². The first-order valence-corrected chi connectivity index (χ1v) is 4.34. The van der Waals surface area contributed by atoms with E-state index in [0.29, 0.717) is 5.82 Å². The maximum atomic E-state index is 8.94. The van der Waals surface area contributed by atoms with Gasteiger partial charge in [0, 0.05) is 6.20 Å². The second-order valence-electron chi connectivity index (χ2n) is 2.43. The first-order valence-electron chi connectivity index (χ1n) is 3.55. The molecule has 0 bridgehead atoms. The molecule has 4 heteroatoms. The highest BCUT2D eigenvalue weighted by molar-refractivity contribution is 9.10. The van der Waals surface area contributed by atoms with Crippen LogP contribution in [0.2, 0.25) is 0 Å². The lowest BCUT2D eigenvalue weighted by atomic mass is 10.4. The second-order valence-corrected chi connectivity index (χ2v) is 3.18. The topological polar surface area (TPSA) is 37.5 Å². The van der Waals surface area contributed by atoms with Crippen LogP contribution >= 0.6 is 15.9 Å². The van der Waals surface area contributed by atoms with Crippen LogP contribution in [0.5, 0.6) is 0 Å². The van der Waals surface area contributed by atoms with Crippen molar-refractivity contribution in [2.45, 2.75) is 6.61 Å². The average molecular weight is 227 g/mol. The van der Waals surface area contributed by atoms with Gasteiger partial charge in [0.25, 0.3) is 0 Å². The minimum absolute atomic E-state index is 0.0449. The molecule has 2 aromatic rings. The quantitative estimate of drug-likeness (QED) is 0.803. The number of aromatic nitrogens is 2.